The maximum absolute atomic E-state index is 12.1. The van der Waals surface area contributed by atoms with Crippen LogP contribution in [0, 0.1) is 6.92 Å². The number of likely N-dealkylation sites (N-methyl/N-ethyl adjacent to an activating group) is 1. The van der Waals surface area contributed by atoms with Crippen LogP contribution in [0.15, 0.2) is 18.2 Å². The van der Waals surface area contributed by atoms with E-state index in [9.17, 15) is 14.4 Å². The molecule has 1 aromatic rings. The molecule has 1 unspecified atom stereocenters. The predicted molar refractivity (Wildman–Crippen MR) is 101 cm³/mol. The number of hydrogen-bond donors (Lipinski definition) is 2. The van der Waals surface area contributed by atoms with Gasteiger partial charge in [0.15, 0.2) is 0 Å². The lowest BCUT2D eigenvalue weighted by Crippen LogP contribution is -2.47. The van der Waals surface area contributed by atoms with E-state index in [0.29, 0.717) is 17.3 Å². The Morgan fingerprint density at radius 3 is 2.69 bits per heavy atom. The Morgan fingerprint density at radius 1 is 1.27 bits per heavy atom. The van der Waals surface area contributed by atoms with Gasteiger partial charge in [0.1, 0.15) is 0 Å². The molecule has 1 aliphatic heterocycles. The molecule has 1 saturated heterocycles. The third-order valence-corrected chi connectivity index (χ3v) is 4.83. The van der Waals surface area contributed by atoms with E-state index < -0.39 is 0 Å². The number of nitrogens with zero attached hydrogens (tertiary/aromatic N) is 2. The largest absolute Gasteiger partial charge is 0.347 e. The molecule has 0 saturated carbocycles. The molecule has 1 aromatic carbocycles. The molecule has 0 spiro atoms. The van der Waals surface area contributed by atoms with Gasteiger partial charge in [0.2, 0.25) is 17.7 Å². The number of rotatable bonds is 6. The van der Waals surface area contributed by atoms with Gasteiger partial charge in [0.05, 0.1) is 19.1 Å². The van der Waals surface area contributed by atoms with Crippen molar-refractivity contribution in [1.29, 1.82) is 0 Å². The molecule has 142 valence electrons. The molecule has 3 amide bonds. The lowest BCUT2D eigenvalue weighted by atomic mass is 10.2. The van der Waals surface area contributed by atoms with Gasteiger partial charge < -0.3 is 15.5 Å². The molecule has 0 radical (unpaired) electrons. The summed E-state index contributed by atoms with van der Waals surface area (Å²) in [6.07, 6.45) is 1.63. The van der Waals surface area contributed by atoms with Crippen LogP contribution in [0.2, 0.25) is 5.02 Å². The molecular formula is C18H25ClN4O3. The van der Waals surface area contributed by atoms with Gasteiger partial charge in [-0.05, 0) is 44.0 Å². The number of likely N-dealkylation sites (tertiary alicyclic amines) is 1. The van der Waals surface area contributed by atoms with Crippen LogP contribution in [0.1, 0.15) is 18.4 Å². The van der Waals surface area contributed by atoms with Gasteiger partial charge in [-0.15, -0.1) is 0 Å². The minimum absolute atomic E-state index is 0.00414. The predicted octanol–water partition coefficient (Wildman–Crippen LogP) is 1.26. The van der Waals surface area contributed by atoms with E-state index in [-0.39, 0.29) is 36.9 Å². The zero-order valence-electron chi connectivity index (χ0n) is 15.3. The van der Waals surface area contributed by atoms with Crippen LogP contribution in [-0.4, -0.2) is 67.3 Å². The van der Waals surface area contributed by atoms with E-state index in [0.717, 1.165) is 18.4 Å². The first-order chi connectivity index (χ1) is 12.3. The van der Waals surface area contributed by atoms with Gasteiger partial charge >= 0.3 is 0 Å². The van der Waals surface area contributed by atoms with Crippen LogP contribution in [-0.2, 0) is 14.4 Å². The standard InChI is InChI=1S/C18H25ClN4O3/c1-12-13(19)6-4-7-14(12)21-16(24)10-20-17(25)11-23-9-5-8-15(23)18(26)22(2)3/h4,6-7,15H,5,8-11H2,1-3H3,(H,20,25)(H,21,24). The second-order valence-corrected chi connectivity index (χ2v) is 7.01. The van der Waals surface area contributed by atoms with Crippen LogP contribution in [0.4, 0.5) is 5.69 Å². The van der Waals surface area contributed by atoms with Gasteiger partial charge in [0, 0.05) is 24.8 Å². The molecule has 1 atom stereocenters. The zero-order chi connectivity index (χ0) is 19.3. The molecular weight excluding hydrogens is 356 g/mol. The fraction of sp³-hybridized carbons (Fsp3) is 0.500. The van der Waals surface area contributed by atoms with Crippen molar-refractivity contribution in [2.24, 2.45) is 0 Å². The van der Waals surface area contributed by atoms with Crippen molar-refractivity contribution in [2.45, 2.75) is 25.8 Å². The number of amides is 3. The first-order valence-corrected chi connectivity index (χ1v) is 8.94. The van der Waals surface area contributed by atoms with E-state index in [4.69, 9.17) is 11.6 Å². The second-order valence-electron chi connectivity index (χ2n) is 6.60. The lowest BCUT2D eigenvalue weighted by molar-refractivity contribution is -0.134. The maximum atomic E-state index is 12.1. The third kappa shape index (κ3) is 5.19. The Balaban J connectivity index is 1.82. The molecule has 0 aromatic heterocycles. The number of halogens is 1. The normalized spacial score (nSPS) is 17.0. The van der Waals surface area contributed by atoms with Crippen LogP contribution < -0.4 is 10.6 Å². The van der Waals surface area contributed by atoms with Gasteiger partial charge in [-0.2, -0.15) is 0 Å². The van der Waals surface area contributed by atoms with Gasteiger partial charge in [0.25, 0.3) is 0 Å². The zero-order valence-corrected chi connectivity index (χ0v) is 16.1. The monoisotopic (exact) mass is 380 g/mol. The number of carbonyl (C=O) groups is 3. The van der Waals surface area contributed by atoms with Crippen molar-refractivity contribution >= 4 is 35.0 Å². The summed E-state index contributed by atoms with van der Waals surface area (Å²) in [5, 5.41) is 5.90. The average molecular weight is 381 g/mol. The van der Waals surface area contributed by atoms with Crippen LogP contribution in [0.5, 0.6) is 0 Å². The van der Waals surface area contributed by atoms with E-state index >= 15 is 0 Å². The molecule has 7 nitrogen and oxygen atoms in total. The lowest BCUT2D eigenvalue weighted by Gasteiger charge is -2.25. The molecule has 26 heavy (non-hydrogen) atoms. The average Bonchev–Trinajstić information content (AvgIpc) is 3.04. The van der Waals surface area contributed by atoms with Crippen molar-refractivity contribution in [2.75, 3.05) is 39.0 Å². The van der Waals surface area contributed by atoms with Crippen LogP contribution >= 0.6 is 11.6 Å². The van der Waals surface area contributed by atoms with Gasteiger partial charge in [-0.25, -0.2) is 0 Å². The Labute approximate surface area is 158 Å². The number of nitrogens with one attached hydrogen (secondary N) is 2. The first-order valence-electron chi connectivity index (χ1n) is 8.56. The van der Waals surface area contributed by atoms with Crippen molar-refractivity contribution in [3.05, 3.63) is 28.8 Å². The molecule has 2 N–H and O–H groups in total. The summed E-state index contributed by atoms with van der Waals surface area (Å²) in [7, 11) is 3.42. The Morgan fingerprint density at radius 2 is 2.00 bits per heavy atom. The highest BCUT2D eigenvalue weighted by Gasteiger charge is 2.32. The summed E-state index contributed by atoms with van der Waals surface area (Å²) in [5.74, 6) is -0.600. The molecule has 0 aliphatic carbocycles. The van der Waals surface area contributed by atoms with E-state index in [1.54, 1.807) is 37.2 Å². The number of carbonyl (C=O) groups excluding carboxylic acids is 3. The Bertz CT molecular complexity index is 693. The molecule has 0 bridgehead atoms. The molecule has 8 heteroatoms. The highest BCUT2D eigenvalue weighted by atomic mass is 35.5. The summed E-state index contributed by atoms with van der Waals surface area (Å²) < 4.78 is 0. The highest BCUT2D eigenvalue weighted by Crippen LogP contribution is 2.22. The Kier molecular flexibility index (Phi) is 6.99. The second kappa shape index (κ2) is 9.00. The smallest absolute Gasteiger partial charge is 0.243 e. The van der Waals surface area contributed by atoms with E-state index in [2.05, 4.69) is 10.6 Å². The minimum atomic E-state index is -0.328. The van der Waals surface area contributed by atoms with Crippen molar-refractivity contribution in [1.82, 2.24) is 15.1 Å². The summed E-state index contributed by atoms with van der Waals surface area (Å²) in [5.41, 5.74) is 1.39. The summed E-state index contributed by atoms with van der Waals surface area (Å²) in [4.78, 5) is 39.7. The fourth-order valence-corrected chi connectivity index (χ4v) is 3.12. The van der Waals surface area contributed by atoms with E-state index in [1.807, 2.05) is 11.8 Å². The number of hydrogen-bond acceptors (Lipinski definition) is 4. The topological polar surface area (TPSA) is 81.8 Å². The SMILES string of the molecule is Cc1c(Cl)cccc1NC(=O)CNC(=O)CN1CCCC1C(=O)N(C)C. The van der Waals surface area contributed by atoms with Crippen molar-refractivity contribution < 1.29 is 14.4 Å². The first kappa shape index (κ1) is 20.2. The molecule has 2 rings (SSSR count). The summed E-state index contributed by atoms with van der Waals surface area (Å²) in [6, 6.07) is 4.98. The van der Waals surface area contributed by atoms with Gasteiger partial charge in [-0.1, -0.05) is 17.7 Å². The summed E-state index contributed by atoms with van der Waals surface area (Å²) >= 11 is 6.02. The van der Waals surface area contributed by atoms with Crippen LogP contribution in [0.3, 0.4) is 0 Å². The Hall–Kier alpha value is -2.12. The summed E-state index contributed by atoms with van der Waals surface area (Å²) in [6.45, 7) is 2.48. The third-order valence-electron chi connectivity index (χ3n) is 4.42. The number of anilines is 1. The minimum Gasteiger partial charge on any atom is -0.347 e. The van der Waals surface area contributed by atoms with Crippen molar-refractivity contribution in [3.8, 4) is 0 Å². The van der Waals surface area contributed by atoms with E-state index in [1.165, 1.54) is 0 Å². The maximum Gasteiger partial charge on any atom is 0.243 e. The van der Waals surface area contributed by atoms with Crippen molar-refractivity contribution in [3.63, 3.8) is 0 Å². The fourth-order valence-electron chi connectivity index (χ4n) is 2.95. The van der Waals surface area contributed by atoms with Crippen LogP contribution in [0.25, 0.3) is 0 Å². The number of benzene rings is 1. The molecule has 1 aliphatic rings. The molecule has 1 fully saturated rings. The van der Waals surface area contributed by atoms with Gasteiger partial charge in [-0.3, -0.25) is 19.3 Å². The quantitative estimate of drug-likeness (QED) is 0.778. The molecule has 1 heterocycles. The highest BCUT2D eigenvalue weighted by molar-refractivity contribution is 6.31.